The number of rotatable bonds is 6. The second kappa shape index (κ2) is 9.70. The molecule has 1 aliphatic heterocycles. The lowest BCUT2D eigenvalue weighted by Gasteiger charge is -2.33. The molecule has 1 fully saturated rings. The summed E-state index contributed by atoms with van der Waals surface area (Å²) in [5.41, 5.74) is 2.51. The van der Waals surface area contributed by atoms with Crippen molar-refractivity contribution in [1.82, 2.24) is 25.0 Å². The molecule has 8 nitrogen and oxygen atoms in total. The highest BCUT2D eigenvalue weighted by Crippen LogP contribution is 2.27. The monoisotopic (exact) mass is 449 g/mol. The van der Waals surface area contributed by atoms with Crippen molar-refractivity contribution in [2.24, 2.45) is 5.92 Å². The number of carbonyl (C=O) groups is 2. The summed E-state index contributed by atoms with van der Waals surface area (Å²) < 4.78 is 7.75. The normalized spacial score (nSPS) is 16.5. The van der Waals surface area contributed by atoms with Gasteiger partial charge in [0.05, 0.1) is 29.9 Å². The molecule has 0 saturated carbocycles. The van der Waals surface area contributed by atoms with Crippen molar-refractivity contribution < 1.29 is 14.3 Å². The van der Waals surface area contributed by atoms with Gasteiger partial charge in [-0.25, -0.2) is 4.98 Å². The summed E-state index contributed by atoms with van der Waals surface area (Å²) in [7, 11) is 0. The first kappa shape index (κ1) is 22.9. The van der Waals surface area contributed by atoms with Crippen LogP contribution in [0.2, 0.25) is 0 Å². The third-order valence-corrected chi connectivity index (χ3v) is 5.71. The SMILES string of the molecule is CC(C)CNC(=O)c1cc([C@H]2CN(C(=O)c3ccnn3C(C)C)CCO2)nc2ccccc12. The van der Waals surface area contributed by atoms with Crippen molar-refractivity contribution in [2.75, 3.05) is 26.2 Å². The number of benzene rings is 1. The molecular weight excluding hydrogens is 418 g/mol. The Morgan fingerprint density at radius 3 is 2.73 bits per heavy atom. The zero-order chi connectivity index (χ0) is 23.5. The van der Waals surface area contributed by atoms with Gasteiger partial charge in [-0.2, -0.15) is 5.10 Å². The Bertz CT molecular complexity index is 1150. The molecule has 1 atom stereocenters. The number of morpholine rings is 1. The number of aromatic nitrogens is 3. The fourth-order valence-corrected chi connectivity index (χ4v) is 4.01. The molecule has 3 heterocycles. The summed E-state index contributed by atoms with van der Waals surface area (Å²) in [5.74, 6) is 0.139. The molecule has 3 aromatic rings. The second-order valence-electron chi connectivity index (χ2n) is 9.08. The fourth-order valence-electron chi connectivity index (χ4n) is 4.01. The van der Waals surface area contributed by atoms with E-state index in [1.807, 2.05) is 38.1 Å². The molecular formula is C25H31N5O3. The van der Waals surface area contributed by atoms with Crippen molar-refractivity contribution in [2.45, 2.75) is 39.8 Å². The van der Waals surface area contributed by atoms with E-state index in [1.54, 1.807) is 27.9 Å². The number of nitrogens with one attached hydrogen (secondary N) is 1. The quantitative estimate of drug-likeness (QED) is 0.621. The topological polar surface area (TPSA) is 89.4 Å². The maximum Gasteiger partial charge on any atom is 0.272 e. The van der Waals surface area contributed by atoms with Crippen molar-refractivity contribution in [3.8, 4) is 0 Å². The number of hydrogen-bond acceptors (Lipinski definition) is 5. The summed E-state index contributed by atoms with van der Waals surface area (Å²) in [4.78, 5) is 32.8. The lowest BCUT2D eigenvalue weighted by atomic mass is 10.0. The molecule has 1 aliphatic rings. The molecule has 2 aromatic heterocycles. The largest absolute Gasteiger partial charge is 0.368 e. The summed E-state index contributed by atoms with van der Waals surface area (Å²) in [6.07, 6.45) is 1.23. The van der Waals surface area contributed by atoms with E-state index in [4.69, 9.17) is 9.72 Å². The van der Waals surface area contributed by atoms with Crippen LogP contribution < -0.4 is 5.32 Å². The molecule has 0 aliphatic carbocycles. The van der Waals surface area contributed by atoms with E-state index in [9.17, 15) is 9.59 Å². The first-order valence-electron chi connectivity index (χ1n) is 11.5. The molecule has 0 spiro atoms. The van der Waals surface area contributed by atoms with E-state index in [-0.39, 0.29) is 17.9 Å². The number of carbonyl (C=O) groups excluding carboxylic acids is 2. The molecule has 4 rings (SSSR count). The molecule has 1 saturated heterocycles. The number of fused-ring (bicyclic) bond motifs is 1. The average molecular weight is 450 g/mol. The average Bonchev–Trinajstić information content (AvgIpc) is 3.32. The fraction of sp³-hybridized carbons (Fsp3) is 0.440. The number of ether oxygens (including phenoxy) is 1. The molecule has 0 radical (unpaired) electrons. The predicted molar refractivity (Wildman–Crippen MR) is 126 cm³/mol. The van der Waals surface area contributed by atoms with Gasteiger partial charge < -0.3 is 15.0 Å². The summed E-state index contributed by atoms with van der Waals surface area (Å²) >= 11 is 0. The maximum absolute atomic E-state index is 13.2. The van der Waals surface area contributed by atoms with Crippen LogP contribution in [0, 0.1) is 5.92 Å². The number of pyridine rings is 1. The molecule has 1 aromatic carbocycles. The maximum atomic E-state index is 13.2. The van der Waals surface area contributed by atoms with Gasteiger partial charge in [-0.3, -0.25) is 14.3 Å². The molecule has 8 heteroatoms. The van der Waals surface area contributed by atoms with Crippen molar-refractivity contribution in [3.05, 3.63) is 59.5 Å². The van der Waals surface area contributed by atoms with Crippen LogP contribution in [0.4, 0.5) is 0 Å². The first-order valence-corrected chi connectivity index (χ1v) is 11.5. The van der Waals surface area contributed by atoms with E-state index in [2.05, 4.69) is 24.3 Å². The minimum Gasteiger partial charge on any atom is -0.368 e. The molecule has 1 N–H and O–H groups in total. The third kappa shape index (κ3) is 4.90. The zero-order valence-electron chi connectivity index (χ0n) is 19.6. The first-order chi connectivity index (χ1) is 15.8. The van der Waals surface area contributed by atoms with E-state index >= 15 is 0 Å². The minimum absolute atomic E-state index is 0.0785. The minimum atomic E-state index is -0.417. The lowest BCUT2D eigenvalue weighted by molar-refractivity contribution is -0.0250. The van der Waals surface area contributed by atoms with Crippen LogP contribution in [0.1, 0.15) is 66.4 Å². The van der Waals surface area contributed by atoms with Crippen LogP contribution in [0.25, 0.3) is 10.9 Å². The molecule has 2 amide bonds. The highest BCUT2D eigenvalue weighted by Gasteiger charge is 2.30. The van der Waals surface area contributed by atoms with Gasteiger partial charge in [0.1, 0.15) is 11.8 Å². The second-order valence-corrected chi connectivity index (χ2v) is 9.08. The van der Waals surface area contributed by atoms with E-state index in [0.29, 0.717) is 49.1 Å². The van der Waals surface area contributed by atoms with Crippen LogP contribution in [0.3, 0.4) is 0 Å². The number of para-hydroxylation sites is 1. The van der Waals surface area contributed by atoms with Gasteiger partial charge in [-0.1, -0.05) is 32.0 Å². The number of amides is 2. The summed E-state index contributed by atoms with van der Waals surface area (Å²) in [6.45, 7) is 9.96. The Labute approximate surface area is 193 Å². The van der Waals surface area contributed by atoms with Gasteiger partial charge in [0.2, 0.25) is 0 Å². The van der Waals surface area contributed by atoms with Gasteiger partial charge in [0.25, 0.3) is 11.8 Å². The van der Waals surface area contributed by atoms with Crippen molar-refractivity contribution in [1.29, 1.82) is 0 Å². The Morgan fingerprint density at radius 2 is 1.97 bits per heavy atom. The molecule has 174 valence electrons. The Kier molecular flexibility index (Phi) is 6.74. The highest BCUT2D eigenvalue weighted by atomic mass is 16.5. The van der Waals surface area contributed by atoms with Crippen LogP contribution in [-0.2, 0) is 4.74 Å². The molecule has 0 unspecified atom stereocenters. The van der Waals surface area contributed by atoms with Crippen LogP contribution in [0.15, 0.2) is 42.6 Å². The van der Waals surface area contributed by atoms with E-state index < -0.39 is 6.10 Å². The highest BCUT2D eigenvalue weighted by molar-refractivity contribution is 6.06. The smallest absolute Gasteiger partial charge is 0.272 e. The van der Waals surface area contributed by atoms with Crippen LogP contribution in [-0.4, -0.2) is 57.7 Å². The number of hydrogen-bond donors (Lipinski definition) is 1. The molecule has 0 bridgehead atoms. The van der Waals surface area contributed by atoms with Crippen LogP contribution >= 0.6 is 0 Å². The van der Waals surface area contributed by atoms with Crippen molar-refractivity contribution in [3.63, 3.8) is 0 Å². The van der Waals surface area contributed by atoms with E-state index in [0.717, 1.165) is 10.9 Å². The van der Waals surface area contributed by atoms with Crippen molar-refractivity contribution >= 4 is 22.7 Å². The van der Waals surface area contributed by atoms with Crippen LogP contribution in [0.5, 0.6) is 0 Å². The third-order valence-electron chi connectivity index (χ3n) is 5.71. The molecule has 33 heavy (non-hydrogen) atoms. The lowest BCUT2D eigenvalue weighted by Crippen LogP contribution is -2.43. The van der Waals surface area contributed by atoms with E-state index in [1.165, 1.54) is 0 Å². The zero-order valence-corrected chi connectivity index (χ0v) is 19.6. The van der Waals surface area contributed by atoms with Gasteiger partial charge in [0.15, 0.2) is 0 Å². The number of nitrogens with zero attached hydrogens (tertiary/aromatic N) is 4. The predicted octanol–water partition coefficient (Wildman–Crippen LogP) is 3.61. The summed E-state index contributed by atoms with van der Waals surface area (Å²) in [5, 5.41) is 8.08. The van der Waals surface area contributed by atoms with Gasteiger partial charge in [0, 0.05) is 30.7 Å². The Morgan fingerprint density at radius 1 is 1.18 bits per heavy atom. The summed E-state index contributed by atoms with van der Waals surface area (Å²) in [6, 6.07) is 11.2. The Balaban J connectivity index is 1.62. The van der Waals surface area contributed by atoms with Gasteiger partial charge in [-0.15, -0.1) is 0 Å². The standard InChI is InChI=1S/C25H31N5O3/c1-16(2)14-26-24(31)19-13-21(28-20-8-6-5-7-18(19)20)23-15-29(11-12-33-23)25(32)22-9-10-27-30(22)17(3)4/h5-10,13,16-17,23H,11-12,14-15H2,1-4H3,(H,26,31)/t23-/m1/s1. The van der Waals surface area contributed by atoms with Gasteiger partial charge >= 0.3 is 0 Å². The van der Waals surface area contributed by atoms with Gasteiger partial charge in [-0.05, 0) is 38.0 Å². The Hall–Kier alpha value is -3.26.